The van der Waals surface area contributed by atoms with Crippen molar-refractivity contribution in [1.82, 2.24) is 40.5 Å². The smallest absolute Gasteiger partial charge is 0.124 e. The van der Waals surface area contributed by atoms with Crippen LogP contribution in [0.3, 0.4) is 0 Å². The Hall–Kier alpha value is -4.14. The SMILES string of the molecule is C[C@@H]1C[C@@H](c2nc3ccc(-c4ccc5nc(-c6ccc7nc([C@@H]8C[C@@H](C)[C@@H](C)N8)[nH]c7c6)cnc5c4)cc3[nH]2)N[C@@H]1C. The molecular weight excluding hydrogens is 520 g/mol. The topological polar surface area (TPSA) is 107 Å². The van der Waals surface area contributed by atoms with Crippen LogP contribution in [0.4, 0.5) is 0 Å². The zero-order valence-corrected chi connectivity index (χ0v) is 24.4. The molecule has 6 atom stereocenters. The molecule has 0 bridgehead atoms. The van der Waals surface area contributed by atoms with E-state index in [0.29, 0.717) is 23.9 Å². The molecule has 3 aromatic carbocycles. The maximum Gasteiger partial charge on any atom is 0.124 e. The second-order valence-corrected chi connectivity index (χ2v) is 12.6. The lowest BCUT2D eigenvalue weighted by Gasteiger charge is -2.08. The summed E-state index contributed by atoms with van der Waals surface area (Å²) in [5.41, 5.74) is 9.93. The molecule has 4 N–H and O–H groups in total. The van der Waals surface area contributed by atoms with Crippen LogP contribution in [0.5, 0.6) is 0 Å². The summed E-state index contributed by atoms with van der Waals surface area (Å²) in [7, 11) is 0. The van der Waals surface area contributed by atoms with Gasteiger partial charge in [0, 0.05) is 17.6 Å². The number of H-pyrrole nitrogens is 2. The molecule has 42 heavy (non-hydrogen) atoms. The third-order valence-electron chi connectivity index (χ3n) is 9.68. The number of aromatic nitrogens is 6. The number of nitrogens with zero attached hydrogens (tertiary/aromatic N) is 4. The minimum atomic E-state index is 0.272. The van der Waals surface area contributed by atoms with Crippen LogP contribution >= 0.6 is 0 Å². The Morgan fingerprint density at radius 3 is 1.67 bits per heavy atom. The molecule has 2 saturated heterocycles. The minimum Gasteiger partial charge on any atom is -0.341 e. The summed E-state index contributed by atoms with van der Waals surface area (Å²) in [6, 6.07) is 20.6. The number of benzene rings is 3. The van der Waals surface area contributed by atoms with Crippen LogP contribution in [0.1, 0.15) is 64.3 Å². The summed E-state index contributed by atoms with van der Waals surface area (Å²) in [6.45, 7) is 9.09. The van der Waals surface area contributed by atoms with E-state index in [1.165, 1.54) is 0 Å². The molecule has 6 aromatic rings. The summed E-state index contributed by atoms with van der Waals surface area (Å²) < 4.78 is 0. The molecule has 2 fully saturated rings. The Morgan fingerprint density at radius 2 is 1.10 bits per heavy atom. The Balaban J connectivity index is 1.06. The predicted molar refractivity (Wildman–Crippen MR) is 168 cm³/mol. The fourth-order valence-corrected chi connectivity index (χ4v) is 6.69. The van der Waals surface area contributed by atoms with Crippen molar-refractivity contribution in [3.63, 3.8) is 0 Å². The highest BCUT2D eigenvalue weighted by Gasteiger charge is 2.31. The second-order valence-electron chi connectivity index (χ2n) is 12.6. The molecule has 5 heterocycles. The molecule has 0 saturated carbocycles. The van der Waals surface area contributed by atoms with Crippen LogP contribution in [0.25, 0.3) is 55.5 Å². The van der Waals surface area contributed by atoms with E-state index in [-0.39, 0.29) is 12.1 Å². The van der Waals surface area contributed by atoms with Crippen LogP contribution < -0.4 is 10.6 Å². The van der Waals surface area contributed by atoms with Gasteiger partial charge in [0.1, 0.15) is 11.6 Å². The van der Waals surface area contributed by atoms with Gasteiger partial charge < -0.3 is 20.6 Å². The normalized spacial score (nSPS) is 26.2. The average Bonchev–Trinajstić information content (AvgIpc) is 3.77. The quantitative estimate of drug-likeness (QED) is 0.190. The third kappa shape index (κ3) is 4.37. The van der Waals surface area contributed by atoms with E-state index in [9.17, 15) is 0 Å². The van der Waals surface area contributed by atoms with Crippen molar-refractivity contribution >= 4 is 33.1 Å². The van der Waals surface area contributed by atoms with Gasteiger partial charge in [-0.1, -0.05) is 32.0 Å². The number of nitrogens with one attached hydrogen (secondary N) is 4. The molecule has 0 unspecified atom stereocenters. The van der Waals surface area contributed by atoms with E-state index in [0.717, 1.165) is 80.0 Å². The van der Waals surface area contributed by atoms with Gasteiger partial charge in [0.2, 0.25) is 0 Å². The molecule has 0 aliphatic carbocycles. The molecule has 2 aliphatic heterocycles. The number of rotatable bonds is 4. The summed E-state index contributed by atoms with van der Waals surface area (Å²) in [5.74, 6) is 3.32. The zero-order valence-electron chi connectivity index (χ0n) is 24.4. The third-order valence-corrected chi connectivity index (χ3v) is 9.68. The van der Waals surface area contributed by atoms with Crippen LogP contribution in [0, 0.1) is 11.8 Å². The van der Waals surface area contributed by atoms with Crippen LogP contribution in [-0.4, -0.2) is 42.0 Å². The van der Waals surface area contributed by atoms with Crippen molar-refractivity contribution < 1.29 is 0 Å². The fraction of sp³-hybridized carbons (Fsp3) is 0.353. The van der Waals surface area contributed by atoms with Gasteiger partial charge in [0.15, 0.2) is 0 Å². The van der Waals surface area contributed by atoms with Crippen LogP contribution in [-0.2, 0) is 0 Å². The highest BCUT2D eigenvalue weighted by molar-refractivity contribution is 5.87. The van der Waals surface area contributed by atoms with Crippen molar-refractivity contribution in [3.8, 4) is 22.4 Å². The van der Waals surface area contributed by atoms with E-state index in [2.05, 4.69) is 103 Å². The predicted octanol–water partition coefficient (Wildman–Crippen LogP) is 6.83. The summed E-state index contributed by atoms with van der Waals surface area (Å²) in [5, 5.41) is 7.34. The first-order chi connectivity index (χ1) is 20.4. The van der Waals surface area contributed by atoms with Gasteiger partial charge in [-0.25, -0.2) is 15.0 Å². The lowest BCUT2D eigenvalue weighted by molar-refractivity contribution is 0.516. The van der Waals surface area contributed by atoms with Gasteiger partial charge in [0.25, 0.3) is 0 Å². The van der Waals surface area contributed by atoms with Crippen LogP contribution in [0.15, 0.2) is 60.8 Å². The average molecular weight is 557 g/mol. The van der Waals surface area contributed by atoms with Gasteiger partial charge in [-0.15, -0.1) is 0 Å². The molecular formula is C34H36N8. The molecule has 8 rings (SSSR count). The van der Waals surface area contributed by atoms with E-state index in [1.807, 2.05) is 6.20 Å². The van der Waals surface area contributed by atoms with E-state index in [4.69, 9.17) is 19.9 Å². The lowest BCUT2D eigenvalue weighted by atomic mass is 10.0. The Morgan fingerprint density at radius 1 is 0.571 bits per heavy atom. The number of hydrogen-bond donors (Lipinski definition) is 4. The maximum absolute atomic E-state index is 4.97. The number of hydrogen-bond acceptors (Lipinski definition) is 6. The van der Waals surface area contributed by atoms with E-state index >= 15 is 0 Å². The minimum absolute atomic E-state index is 0.272. The zero-order chi connectivity index (χ0) is 28.5. The fourth-order valence-electron chi connectivity index (χ4n) is 6.69. The molecule has 8 heteroatoms. The Kier molecular flexibility index (Phi) is 5.91. The first kappa shape index (κ1) is 25.6. The molecule has 8 nitrogen and oxygen atoms in total. The van der Waals surface area contributed by atoms with Gasteiger partial charge in [-0.3, -0.25) is 4.98 Å². The van der Waals surface area contributed by atoms with Crippen molar-refractivity contribution in [2.24, 2.45) is 11.8 Å². The molecule has 0 radical (unpaired) electrons. The van der Waals surface area contributed by atoms with E-state index in [1.54, 1.807) is 0 Å². The van der Waals surface area contributed by atoms with Gasteiger partial charge in [-0.05, 0) is 86.1 Å². The first-order valence-corrected chi connectivity index (χ1v) is 15.2. The monoisotopic (exact) mass is 556 g/mol. The Bertz CT molecular complexity index is 1790. The lowest BCUT2D eigenvalue weighted by Crippen LogP contribution is -2.24. The maximum atomic E-state index is 4.97. The second kappa shape index (κ2) is 9.71. The summed E-state index contributed by atoms with van der Waals surface area (Å²) in [4.78, 5) is 26.7. The number of imidazole rings is 2. The van der Waals surface area contributed by atoms with Crippen LogP contribution in [0.2, 0.25) is 0 Å². The summed E-state index contributed by atoms with van der Waals surface area (Å²) >= 11 is 0. The van der Waals surface area contributed by atoms with Crippen molar-refractivity contribution in [2.45, 2.75) is 64.7 Å². The van der Waals surface area contributed by atoms with Crippen molar-refractivity contribution in [3.05, 3.63) is 72.4 Å². The van der Waals surface area contributed by atoms with Gasteiger partial charge >= 0.3 is 0 Å². The van der Waals surface area contributed by atoms with Gasteiger partial charge in [0.05, 0.1) is 57.1 Å². The first-order valence-electron chi connectivity index (χ1n) is 15.2. The summed E-state index contributed by atoms with van der Waals surface area (Å²) in [6.07, 6.45) is 4.07. The molecule has 2 aliphatic rings. The van der Waals surface area contributed by atoms with E-state index < -0.39 is 0 Å². The molecule has 212 valence electrons. The number of fused-ring (bicyclic) bond motifs is 3. The highest BCUT2D eigenvalue weighted by atomic mass is 15.1. The Labute approximate surface area is 244 Å². The highest BCUT2D eigenvalue weighted by Crippen LogP contribution is 2.33. The standard InChI is InChI=1S/C34H36N8/c1-17-11-30(36-19(17)3)33-39-25-9-6-22(14-28(25)41-33)21-5-8-24-27(13-21)35-16-32(38-24)23-7-10-26-29(15-23)42-34(40-26)31-12-18(2)20(4)37-31/h5-10,13-20,30-31,36-37H,11-12H2,1-4H3,(H,39,41)(H,40,42)/t17-,18-,19-,20-,30+,31+/m1/s1. The molecule has 0 spiro atoms. The number of aromatic amines is 2. The largest absolute Gasteiger partial charge is 0.341 e. The molecule has 0 amide bonds. The van der Waals surface area contributed by atoms with Gasteiger partial charge in [-0.2, -0.15) is 0 Å². The van der Waals surface area contributed by atoms with Crippen molar-refractivity contribution in [2.75, 3.05) is 0 Å². The van der Waals surface area contributed by atoms with Crippen molar-refractivity contribution in [1.29, 1.82) is 0 Å². The molecule has 3 aromatic heterocycles.